The van der Waals surface area contributed by atoms with Gasteiger partial charge in [-0.25, -0.2) is 14.8 Å². The molecule has 6 heterocycles. The Morgan fingerprint density at radius 3 is 1.68 bits per heavy atom. The molecule has 2 saturated heterocycles. The van der Waals surface area contributed by atoms with Gasteiger partial charge in [-0.2, -0.15) is 0 Å². The van der Waals surface area contributed by atoms with E-state index in [0.717, 1.165) is 67.4 Å². The Balaban J connectivity index is 1.00. The molecule has 60 heavy (non-hydrogen) atoms. The number of alkyl carbamates (subject to hydrolysis) is 1. The van der Waals surface area contributed by atoms with Gasteiger partial charge in [0, 0.05) is 32.2 Å². The van der Waals surface area contributed by atoms with Crippen LogP contribution < -0.4 is 5.32 Å². The van der Waals surface area contributed by atoms with Gasteiger partial charge in [0.05, 0.1) is 60.7 Å². The smallest absolute Gasteiger partial charge is 0.407 e. The lowest BCUT2D eigenvalue weighted by Crippen LogP contribution is -2.51. The Morgan fingerprint density at radius 2 is 1.23 bits per heavy atom. The first-order chi connectivity index (χ1) is 28.7. The normalized spacial score (nSPS) is 20.5. The topological polar surface area (TPSA) is 163 Å². The molecule has 0 saturated carbocycles. The summed E-state index contributed by atoms with van der Waals surface area (Å²) in [6.07, 6.45) is 1.02. The number of ether oxygens (including phenoxy) is 2. The van der Waals surface area contributed by atoms with Crippen molar-refractivity contribution in [2.45, 2.75) is 78.9 Å². The number of imidazole rings is 2. The van der Waals surface area contributed by atoms with Crippen molar-refractivity contribution in [3.63, 3.8) is 0 Å². The van der Waals surface area contributed by atoms with Gasteiger partial charge in [-0.1, -0.05) is 53.7 Å². The van der Waals surface area contributed by atoms with Gasteiger partial charge < -0.3 is 34.6 Å². The number of hydrogen-bond acceptors (Lipinski definition) is 10. The molecule has 0 spiro atoms. The van der Waals surface area contributed by atoms with Crippen LogP contribution in [-0.2, 0) is 23.9 Å². The summed E-state index contributed by atoms with van der Waals surface area (Å²) in [5.41, 5.74) is 5.71. The lowest BCUT2D eigenvalue weighted by molar-refractivity contribution is -0.148. The lowest BCUT2D eigenvalue weighted by atomic mass is 9.91. The van der Waals surface area contributed by atoms with Gasteiger partial charge in [0.1, 0.15) is 17.7 Å². The second-order valence-corrected chi connectivity index (χ2v) is 19.5. The average molecular weight is 852 g/mol. The van der Waals surface area contributed by atoms with E-state index in [-0.39, 0.29) is 54.0 Å². The van der Waals surface area contributed by atoms with E-state index in [0.29, 0.717) is 19.0 Å². The van der Waals surface area contributed by atoms with Crippen LogP contribution in [0.2, 0.25) is 0 Å². The van der Waals surface area contributed by atoms with E-state index >= 15 is 0 Å². The molecule has 4 aromatic heterocycles. The summed E-state index contributed by atoms with van der Waals surface area (Å²) in [6, 6.07) is 15.9. The highest BCUT2D eigenvalue weighted by Crippen LogP contribution is 2.44. The molecular weight excluding hydrogens is 799 g/mol. The number of esters is 1. The van der Waals surface area contributed by atoms with Crippen molar-refractivity contribution in [2.75, 3.05) is 27.3 Å². The predicted molar refractivity (Wildman–Crippen MR) is 235 cm³/mol. The van der Waals surface area contributed by atoms with Crippen LogP contribution in [0.25, 0.3) is 52.3 Å². The maximum atomic E-state index is 13.9. The number of nitrogens with one attached hydrogen (secondary N) is 3. The number of benzene rings is 2. The Kier molecular flexibility index (Phi) is 11.5. The molecule has 13 nitrogen and oxygen atoms in total. The zero-order valence-corrected chi connectivity index (χ0v) is 37.0. The molecular formula is C45H53N7O6S2. The molecule has 15 heteroatoms. The first-order valence-corrected chi connectivity index (χ1v) is 22.4. The van der Waals surface area contributed by atoms with E-state index in [1.165, 1.54) is 23.6 Å². The number of thiophene rings is 2. The van der Waals surface area contributed by atoms with Crippen molar-refractivity contribution < 1.29 is 28.7 Å². The summed E-state index contributed by atoms with van der Waals surface area (Å²) in [4.78, 5) is 75.0. The van der Waals surface area contributed by atoms with Gasteiger partial charge in [-0.15, -0.1) is 22.7 Å². The third-order valence-electron chi connectivity index (χ3n) is 12.1. The van der Waals surface area contributed by atoms with Crippen molar-refractivity contribution in [1.29, 1.82) is 0 Å². The maximum absolute atomic E-state index is 13.9. The van der Waals surface area contributed by atoms with Crippen LogP contribution in [0.15, 0.2) is 48.5 Å². The summed E-state index contributed by atoms with van der Waals surface area (Å²) in [5.74, 6) is 1.02. The number of methoxy groups -OCH3 is 2. The van der Waals surface area contributed by atoms with Gasteiger partial charge in [-0.3, -0.25) is 14.4 Å². The number of H-pyrrole nitrogens is 2. The standard InChI is InChI=1S/C45H53N7O6S2/c1-22(2)28(17-39(53)57-7)43(54)51-20-24(5)13-33(51)41-46-29-11-9-26(15-31(29)48-41)35-18-37-38(59-35)19-36(60-37)27-10-12-30-32(16-27)49-42(47-30)34-14-25(6)21-52(34)44(55)40(23(3)4)50-45(56)58-8/h9-12,15-16,18-19,22-25,28,33-34,40H,13-14,17,20-21H2,1-8H3,(H,46,48)(H,47,49)(H,50,56)/t24-,25-,28-,33-,34-,40-/m0/s1. The molecule has 0 unspecified atom stereocenters. The van der Waals surface area contributed by atoms with Crippen molar-refractivity contribution in [3.05, 3.63) is 60.2 Å². The predicted octanol–water partition coefficient (Wildman–Crippen LogP) is 9.08. The SMILES string of the molecule is COC(=O)C[C@H](C(=O)N1C[C@@H](C)C[C@H]1c1nc2ccc(-c3cc4sc(-c5ccc6nc([C@@H]7C[C@H](C)CN7C(=O)[C@@H](NC(=O)OC)C(C)C)[nH]c6c5)cc4s3)cc2[nH]1)C(C)C. The number of likely N-dealkylation sites (tertiary alicyclic amines) is 2. The molecule has 0 aliphatic carbocycles. The first-order valence-electron chi connectivity index (χ1n) is 20.8. The number of aromatic nitrogens is 4. The number of aromatic amines is 2. The largest absolute Gasteiger partial charge is 0.469 e. The van der Waals surface area contributed by atoms with E-state index in [4.69, 9.17) is 19.4 Å². The monoisotopic (exact) mass is 851 g/mol. The summed E-state index contributed by atoms with van der Waals surface area (Å²) in [7, 11) is 2.66. The average Bonchev–Trinajstić information content (AvgIpc) is 4.07. The lowest BCUT2D eigenvalue weighted by Gasteiger charge is -2.30. The number of carbonyl (C=O) groups is 4. The molecule has 0 radical (unpaired) electrons. The van der Waals surface area contributed by atoms with Gasteiger partial charge in [0.25, 0.3) is 0 Å². The number of rotatable bonds is 11. The Bertz CT molecular complexity index is 2380. The van der Waals surface area contributed by atoms with Crippen LogP contribution in [0, 0.1) is 29.6 Å². The number of hydrogen-bond donors (Lipinski definition) is 3. The summed E-state index contributed by atoms with van der Waals surface area (Å²) >= 11 is 3.51. The molecule has 6 atom stereocenters. The fourth-order valence-corrected chi connectivity index (χ4v) is 11.2. The second-order valence-electron chi connectivity index (χ2n) is 17.3. The van der Waals surface area contributed by atoms with Gasteiger partial charge in [0.15, 0.2) is 0 Å². The number of carbonyl (C=O) groups excluding carboxylic acids is 4. The van der Waals surface area contributed by atoms with E-state index < -0.39 is 18.1 Å². The third kappa shape index (κ3) is 8.01. The van der Waals surface area contributed by atoms with E-state index in [2.05, 4.69) is 65.5 Å². The van der Waals surface area contributed by atoms with E-state index in [1.807, 2.05) is 49.6 Å². The van der Waals surface area contributed by atoms with Crippen LogP contribution in [0.5, 0.6) is 0 Å². The van der Waals surface area contributed by atoms with Crippen molar-refractivity contribution >= 4 is 78.0 Å². The quantitative estimate of drug-likeness (QED) is 0.109. The van der Waals surface area contributed by atoms with Gasteiger partial charge in [0.2, 0.25) is 11.8 Å². The fourth-order valence-electron chi connectivity index (χ4n) is 8.86. The Morgan fingerprint density at radius 1 is 0.733 bits per heavy atom. The van der Waals surface area contributed by atoms with Gasteiger partial charge in [-0.05, 0) is 84.0 Å². The molecule has 3 amide bonds. The molecule has 2 fully saturated rings. The highest BCUT2D eigenvalue weighted by atomic mass is 32.1. The summed E-state index contributed by atoms with van der Waals surface area (Å²) in [6.45, 7) is 13.3. The Hall–Kier alpha value is -5.28. The number of amides is 3. The fraction of sp³-hybridized carbons (Fsp3) is 0.467. The van der Waals surface area contributed by atoms with Crippen molar-refractivity contribution in [3.8, 4) is 20.9 Å². The van der Waals surface area contributed by atoms with Crippen LogP contribution in [0.1, 0.15) is 84.5 Å². The summed E-state index contributed by atoms with van der Waals surface area (Å²) in [5, 5.41) is 2.73. The Labute approximate surface area is 357 Å². The molecule has 316 valence electrons. The van der Waals surface area contributed by atoms with E-state index in [1.54, 1.807) is 22.7 Å². The van der Waals surface area contributed by atoms with Crippen LogP contribution in [0.4, 0.5) is 4.79 Å². The van der Waals surface area contributed by atoms with E-state index in [9.17, 15) is 19.2 Å². The second kappa shape index (κ2) is 16.6. The minimum Gasteiger partial charge on any atom is -0.469 e. The molecule has 6 aromatic rings. The number of nitrogens with zero attached hydrogens (tertiary/aromatic N) is 4. The summed E-state index contributed by atoms with van der Waals surface area (Å²) < 4.78 is 12.1. The maximum Gasteiger partial charge on any atom is 0.407 e. The minimum atomic E-state index is -0.698. The molecule has 2 aliphatic heterocycles. The molecule has 3 N–H and O–H groups in total. The highest BCUT2D eigenvalue weighted by Gasteiger charge is 2.42. The zero-order valence-electron chi connectivity index (χ0n) is 35.3. The van der Waals surface area contributed by atoms with Crippen LogP contribution in [-0.4, -0.2) is 87.0 Å². The number of fused-ring (bicyclic) bond motifs is 3. The first kappa shape index (κ1) is 41.5. The van der Waals surface area contributed by atoms with Crippen LogP contribution in [0.3, 0.4) is 0 Å². The molecule has 8 rings (SSSR count). The van der Waals surface area contributed by atoms with Crippen LogP contribution >= 0.6 is 22.7 Å². The molecule has 2 aliphatic rings. The molecule has 2 aromatic carbocycles. The minimum absolute atomic E-state index is 0.00292. The zero-order chi connectivity index (χ0) is 42.6. The van der Waals surface area contributed by atoms with Crippen molar-refractivity contribution in [1.82, 2.24) is 35.1 Å². The highest BCUT2D eigenvalue weighted by molar-refractivity contribution is 7.31. The third-order valence-corrected chi connectivity index (χ3v) is 14.5. The van der Waals surface area contributed by atoms with Crippen molar-refractivity contribution in [2.24, 2.45) is 29.6 Å². The van der Waals surface area contributed by atoms with Gasteiger partial charge >= 0.3 is 12.1 Å². The molecule has 0 bridgehead atoms.